The molecule has 6 nitrogen and oxygen atoms in total. The van der Waals surface area contributed by atoms with Crippen LogP contribution in [0.2, 0.25) is 0 Å². The number of para-hydroxylation sites is 1. The van der Waals surface area contributed by atoms with Gasteiger partial charge in [-0.3, -0.25) is 5.32 Å². The Balaban J connectivity index is 1.95. The van der Waals surface area contributed by atoms with Crippen LogP contribution in [0.3, 0.4) is 0 Å². The molecule has 0 bridgehead atoms. The van der Waals surface area contributed by atoms with Crippen LogP contribution in [0, 0.1) is 6.92 Å². The molecule has 0 unspecified atom stereocenters. The van der Waals surface area contributed by atoms with E-state index < -0.39 is 12.0 Å². The highest BCUT2D eigenvalue weighted by atomic mass is 79.9. The lowest BCUT2D eigenvalue weighted by atomic mass is 10.0. The molecule has 2 aromatic carbocycles. The van der Waals surface area contributed by atoms with E-state index in [1.807, 2.05) is 49.4 Å². The Bertz CT molecular complexity index is 1050. The largest absolute Gasteiger partial charge is 0.497 e. The monoisotopic (exact) mass is 474 g/mol. The van der Waals surface area contributed by atoms with Gasteiger partial charge in [0.2, 0.25) is 0 Å². The molecule has 1 aromatic heterocycles. The van der Waals surface area contributed by atoms with Gasteiger partial charge >= 0.3 is 12.0 Å². The van der Waals surface area contributed by atoms with Crippen molar-refractivity contribution in [3.05, 3.63) is 63.4 Å². The van der Waals surface area contributed by atoms with Crippen LogP contribution in [0.5, 0.6) is 5.75 Å². The van der Waals surface area contributed by atoms with Gasteiger partial charge in [-0.25, -0.2) is 9.59 Å². The molecular formula is C21H19BrN2O4S. The second-order valence-corrected chi connectivity index (χ2v) is 8.10. The SMILES string of the molecule is COC(=O)c1c(NC(=O)Nc2ccccc2Br)sc(C)c1-c1ccc(OC)cc1. The lowest BCUT2D eigenvalue weighted by molar-refractivity contribution is 0.0603. The molecule has 0 fully saturated rings. The van der Waals surface area contributed by atoms with Crippen molar-refractivity contribution in [1.82, 2.24) is 0 Å². The number of ether oxygens (including phenoxy) is 2. The Morgan fingerprint density at radius 2 is 1.69 bits per heavy atom. The number of benzene rings is 2. The molecule has 3 rings (SSSR count). The van der Waals surface area contributed by atoms with Crippen LogP contribution in [0.25, 0.3) is 11.1 Å². The predicted molar refractivity (Wildman–Crippen MR) is 119 cm³/mol. The minimum atomic E-state index is -0.517. The number of methoxy groups -OCH3 is 2. The van der Waals surface area contributed by atoms with Crippen LogP contribution in [-0.2, 0) is 4.74 Å². The third-order valence-electron chi connectivity index (χ3n) is 4.20. The molecule has 8 heteroatoms. The molecule has 1 heterocycles. The van der Waals surface area contributed by atoms with Gasteiger partial charge in [0.1, 0.15) is 16.3 Å². The van der Waals surface area contributed by atoms with E-state index in [-0.39, 0.29) is 0 Å². The maximum absolute atomic E-state index is 12.5. The van der Waals surface area contributed by atoms with E-state index in [0.29, 0.717) is 22.0 Å². The second-order valence-electron chi connectivity index (χ2n) is 6.02. The predicted octanol–water partition coefficient (Wildman–Crippen LogP) is 5.93. The summed E-state index contributed by atoms with van der Waals surface area (Å²) in [5.74, 6) is 0.198. The molecule has 0 aliphatic rings. The van der Waals surface area contributed by atoms with Crippen molar-refractivity contribution in [3.63, 3.8) is 0 Å². The van der Waals surface area contributed by atoms with Crippen LogP contribution in [0.4, 0.5) is 15.5 Å². The summed E-state index contributed by atoms with van der Waals surface area (Å²) in [6, 6.07) is 14.2. The van der Waals surface area contributed by atoms with Gasteiger partial charge in [0.15, 0.2) is 0 Å². The van der Waals surface area contributed by atoms with Crippen molar-refractivity contribution in [1.29, 1.82) is 0 Å². The average Bonchev–Trinajstić information content (AvgIpc) is 3.04. The van der Waals surface area contributed by atoms with E-state index >= 15 is 0 Å². The summed E-state index contributed by atoms with van der Waals surface area (Å²) in [6.45, 7) is 1.90. The number of carbonyl (C=O) groups excluding carboxylic acids is 2. The Kier molecular flexibility index (Phi) is 6.56. The van der Waals surface area contributed by atoms with Crippen LogP contribution in [0.1, 0.15) is 15.2 Å². The molecule has 3 aromatic rings. The molecule has 0 aliphatic heterocycles. The number of thiophene rings is 1. The summed E-state index contributed by atoms with van der Waals surface area (Å²) in [5, 5.41) is 5.97. The number of urea groups is 1. The van der Waals surface area contributed by atoms with Crippen molar-refractivity contribution in [3.8, 4) is 16.9 Å². The Morgan fingerprint density at radius 3 is 2.31 bits per heavy atom. The summed E-state index contributed by atoms with van der Waals surface area (Å²) < 4.78 is 10.9. The number of rotatable bonds is 5. The van der Waals surface area contributed by atoms with E-state index in [1.54, 1.807) is 13.2 Å². The highest BCUT2D eigenvalue weighted by Gasteiger charge is 2.25. The number of hydrogen-bond donors (Lipinski definition) is 2. The first-order chi connectivity index (χ1) is 13.9. The average molecular weight is 475 g/mol. The zero-order valence-corrected chi connectivity index (χ0v) is 18.4. The fraction of sp³-hybridized carbons (Fsp3) is 0.143. The maximum Gasteiger partial charge on any atom is 0.341 e. The molecule has 0 spiro atoms. The van der Waals surface area contributed by atoms with Crippen molar-refractivity contribution in [2.24, 2.45) is 0 Å². The van der Waals surface area contributed by atoms with Gasteiger partial charge in [-0.2, -0.15) is 0 Å². The molecule has 0 aliphatic carbocycles. The summed E-state index contributed by atoms with van der Waals surface area (Å²) in [7, 11) is 2.91. The number of amides is 2. The third kappa shape index (κ3) is 4.60. The van der Waals surface area contributed by atoms with Gasteiger partial charge < -0.3 is 14.8 Å². The van der Waals surface area contributed by atoms with Gasteiger partial charge in [0, 0.05) is 14.9 Å². The van der Waals surface area contributed by atoms with E-state index in [4.69, 9.17) is 9.47 Å². The number of halogens is 1. The molecule has 0 saturated heterocycles. The Labute approximate surface area is 181 Å². The number of anilines is 2. The first-order valence-corrected chi connectivity index (χ1v) is 10.2. The normalized spacial score (nSPS) is 10.3. The Hall–Kier alpha value is -2.84. The van der Waals surface area contributed by atoms with Gasteiger partial charge in [-0.05, 0) is 52.7 Å². The lowest BCUT2D eigenvalue weighted by Gasteiger charge is -2.10. The van der Waals surface area contributed by atoms with Crippen LogP contribution >= 0.6 is 27.3 Å². The van der Waals surface area contributed by atoms with E-state index in [9.17, 15) is 9.59 Å². The summed E-state index contributed by atoms with van der Waals surface area (Å²) in [5.41, 5.74) is 2.50. The number of nitrogens with one attached hydrogen (secondary N) is 2. The van der Waals surface area contributed by atoms with E-state index in [2.05, 4.69) is 26.6 Å². The fourth-order valence-corrected chi connectivity index (χ4v) is 4.30. The number of carbonyl (C=O) groups is 2. The van der Waals surface area contributed by atoms with Crippen molar-refractivity contribution < 1.29 is 19.1 Å². The highest BCUT2D eigenvalue weighted by Crippen LogP contribution is 2.40. The molecule has 150 valence electrons. The smallest absolute Gasteiger partial charge is 0.341 e. The lowest BCUT2D eigenvalue weighted by Crippen LogP contribution is -2.20. The second kappa shape index (κ2) is 9.11. The quantitative estimate of drug-likeness (QED) is 0.449. The molecule has 2 N–H and O–H groups in total. The van der Waals surface area contributed by atoms with E-state index in [1.165, 1.54) is 18.4 Å². The standard InChI is InChI=1S/C21H19BrN2O4S/c1-12-17(13-8-10-14(27-2)11-9-13)18(20(25)28-3)19(29-12)24-21(26)23-16-7-5-4-6-15(16)22/h4-11H,1-3H3,(H2,23,24,26). The zero-order chi connectivity index (χ0) is 21.0. The molecule has 0 saturated carbocycles. The van der Waals surface area contributed by atoms with Crippen molar-refractivity contribution in [2.45, 2.75) is 6.92 Å². The number of aryl methyl sites for hydroxylation is 1. The summed E-state index contributed by atoms with van der Waals surface area (Å²) in [4.78, 5) is 26.0. The van der Waals surface area contributed by atoms with Gasteiger partial charge in [-0.1, -0.05) is 24.3 Å². The minimum Gasteiger partial charge on any atom is -0.497 e. The highest BCUT2D eigenvalue weighted by molar-refractivity contribution is 9.10. The van der Waals surface area contributed by atoms with Gasteiger partial charge in [0.25, 0.3) is 0 Å². The first-order valence-electron chi connectivity index (χ1n) is 8.63. The molecular weight excluding hydrogens is 456 g/mol. The van der Waals surface area contributed by atoms with Crippen LogP contribution in [0.15, 0.2) is 53.0 Å². The molecule has 29 heavy (non-hydrogen) atoms. The number of hydrogen-bond acceptors (Lipinski definition) is 5. The van der Waals surface area contributed by atoms with E-state index in [0.717, 1.165) is 20.5 Å². The topological polar surface area (TPSA) is 76.7 Å². The first kappa shape index (κ1) is 20.9. The van der Waals surface area contributed by atoms with Gasteiger partial charge in [-0.15, -0.1) is 11.3 Å². The number of esters is 1. The van der Waals surface area contributed by atoms with Crippen molar-refractivity contribution in [2.75, 3.05) is 24.9 Å². The molecule has 2 amide bonds. The zero-order valence-electron chi connectivity index (χ0n) is 16.0. The maximum atomic E-state index is 12.5. The fourth-order valence-electron chi connectivity index (χ4n) is 2.85. The Morgan fingerprint density at radius 1 is 1.00 bits per heavy atom. The molecule has 0 radical (unpaired) electrons. The van der Waals surface area contributed by atoms with Gasteiger partial charge in [0.05, 0.1) is 19.9 Å². The summed E-state index contributed by atoms with van der Waals surface area (Å²) >= 11 is 4.71. The summed E-state index contributed by atoms with van der Waals surface area (Å²) in [6.07, 6.45) is 0. The minimum absolute atomic E-state index is 0.322. The van der Waals surface area contributed by atoms with Crippen molar-refractivity contribution >= 4 is 50.0 Å². The molecule has 0 atom stereocenters. The van der Waals surface area contributed by atoms with Crippen LogP contribution in [-0.4, -0.2) is 26.2 Å². The third-order valence-corrected chi connectivity index (χ3v) is 5.91. The van der Waals surface area contributed by atoms with Crippen LogP contribution < -0.4 is 15.4 Å².